The van der Waals surface area contributed by atoms with Crippen LogP contribution in [0.25, 0.3) is 0 Å². The fourth-order valence-corrected chi connectivity index (χ4v) is 3.02. The Kier molecular flexibility index (Phi) is 4.48. The second-order valence-corrected chi connectivity index (χ2v) is 6.32. The maximum atomic E-state index is 12.3. The Balaban J connectivity index is 1.67. The molecule has 1 aliphatic heterocycles. The van der Waals surface area contributed by atoms with Gasteiger partial charge in [-0.05, 0) is 6.92 Å². The Morgan fingerprint density at radius 1 is 1.38 bits per heavy atom. The first-order valence-electron chi connectivity index (χ1n) is 7.97. The van der Waals surface area contributed by atoms with Gasteiger partial charge < -0.3 is 10.2 Å². The number of carbonyl (C=O) groups is 1. The number of aryl methyl sites for hydroxylation is 2. The third-order valence-electron chi connectivity index (χ3n) is 4.12. The van der Waals surface area contributed by atoms with Crippen molar-refractivity contribution in [2.75, 3.05) is 37.4 Å². The SMILES string of the molecule is Cc1cc(NC(=O)CN2CCc3ncnc(N(C)C)c3C2)n(C)n1. The monoisotopic (exact) mass is 329 g/mol. The summed E-state index contributed by atoms with van der Waals surface area (Å²) in [5.41, 5.74) is 3.07. The molecule has 1 amide bonds. The van der Waals surface area contributed by atoms with E-state index in [2.05, 4.69) is 25.3 Å². The molecule has 3 heterocycles. The van der Waals surface area contributed by atoms with E-state index >= 15 is 0 Å². The predicted molar refractivity (Wildman–Crippen MR) is 91.9 cm³/mol. The van der Waals surface area contributed by atoms with Crippen molar-refractivity contribution in [1.29, 1.82) is 0 Å². The average Bonchev–Trinajstić information content (AvgIpc) is 2.83. The van der Waals surface area contributed by atoms with Gasteiger partial charge in [-0.1, -0.05) is 0 Å². The van der Waals surface area contributed by atoms with Gasteiger partial charge in [-0.15, -0.1) is 0 Å². The summed E-state index contributed by atoms with van der Waals surface area (Å²) in [6.45, 7) is 3.74. The van der Waals surface area contributed by atoms with Gasteiger partial charge in [0.1, 0.15) is 18.0 Å². The summed E-state index contributed by atoms with van der Waals surface area (Å²) in [6, 6.07) is 1.86. The smallest absolute Gasteiger partial charge is 0.239 e. The number of carbonyl (C=O) groups excluding carboxylic acids is 1. The standard InChI is InChI=1S/C16H23N7O/c1-11-7-14(22(4)20-11)19-15(24)9-23-6-5-13-12(8-23)16(21(2)3)18-10-17-13/h7,10H,5-6,8-9H2,1-4H3,(H,19,24). The maximum absolute atomic E-state index is 12.3. The molecule has 2 aromatic rings. The molecule has 3 rings (SSSR count). The van der Waals surface area contributed by atoms with Crippen LogP contribution in [0.5, 0.6) is 0 Å². The van der Waals surface area contributed by atoms with Crippen molar-refractivity contribution in [3.8, 4) is 0 Å². The van der Waals surface area contributed by atoms with E-state index in [-0.39, 0.29) is 5.91 Å². The predicted octanol–water partition coefficient (Wildman–Crippen LogP) is 0.581. The van der Waals surface area contributed by atoms with E-state index in [9.17, 15) is 4.79 Å². The molecule has 0 aliphatic carbocycles. The maximum Gasteiger partial charge on any atom is 0.239 e. The molecule has 0 radical (unpaired) electrons. The van der Waals surface area contributed by atoms with Crippen molar-refractivity contribution in [3.63, 3.8) is 0 Å². The fraction of sp³-hybridized carbons (Fsp3) is 0.500. The summed E-state index contributed by atoms with van der Waals surface area (Å²) >= 11 is 0. The molecule has 0 fully saturated rings. The number of rotatable bonds is 4. The Bertz CT molecular complexity index is 753. The first-order valence-corrected chi connectivity index (χ1v) is 7.97. The first kappa shape index (κ1) is 16.4. The van der Waals surface area contributed by atoms with Crippen LogP contribution in [0.15, 0.2) is 12.4 Å². The first-order chi connectivity index (χ1) is 11.4. The minimum Gasteiger partial charge on any atom is -0.362 e. The minimum atomic E-state index is -0.0373. The Morgan fingerprint density at radius 3 is 2.83 bits per heavy atom. The molecular weight excluding hydrogens is 306 g/mol. The number of nitrogens with one attached hydrogen (secondary N) is 1. The number of aromatic nitrogens is 4. The van der Waals surface area contributed by atoms with Gasteiger partial charge in [0.15, 0.2) is 0 Å². The summed E-state index contributed by atoms with van der Waals surface area (Å²) in [6.07, 6.45) is 2.44. The summed E-state index contributed by atoms with van der Waals surface area (Å²) in [5, 5.41) is 7.16. The van der Waals surface area contributed by atoms with Crippen LogP contribution in [0.4, 0.5) is 11.6 Å². The highest BCUT2D eigenvalue weighted by Gasteiger charge is 2.23. The van der Waals surface area contributed by atoms with Gasteiger partial charge in [-0.25, -0.2) is 9.97 Å². The molecule has 24 heavy (non-hydrogen) atoms. The Morgan fingerprint density at radius 2 is 2.17 bits per heavy atom. The van der Waals surface area contributed by atoms with E-state index in [0.717, 1.165) is 35.7 Å². The molecule has 128 valence electrons. The molecule has 0 aromatic carbocycles. The fourth-order valence-electron chi connectivity index (χ4n) is 3.02. The third-order valence-corrected chi connectivity index (χ3v) is 4.12. The number of fused-ring (bicyclic) bond motifs is 1. The zero-order chi connectivity index (χ0) is 17.3. The second kappa shape index (κ2) is 6.56. The van der Waals surface area contributed by atoms with Gasteiger partial charge >= 0.3 is 0 Å². The number of amides is 1. The molecule has 0 spiro atoms. The number of hydrogen-bond acceptors (Lipinski definition) is 6. The van der Waals surface area contributed by atoms with Crippen LogP contribution < -0.4 is 10.2 Å². The van der Waals surface area contributed by atoms with E-state index in [1.165, 1.54) is 0 Å². The molecule has 1 aliphatic rings. The van der Waals surface area contributed by atoms with Crippen LogP contribution in [0.2, 0.25) is 0 Å². The number of hydrogen-bond donors (Lipinski definition) is 1. The molecule has 0 saturated heterocycles. The van der Waals surface area contributed by atoms with Crippen LogP contribution >= 0.6 is 0 Å². The van der Waals surface area contributed by atoms with Gasteiger partial charge in [0.25, 0.3) is 0 Å². The molecule has 0 atom stereocenters. The average molecular weight is 329 g/mol. The molecular formula is C16H23N7O. The molecule has 0 unspecified atom stereocenters. The normalized spacial score (nSPS) is 14.3. The number of anilines is 2. The molecule has 8 heteroatoms. The highest BCUT2D eigenvalue weighted by Crippen LogP contribution is 2.24. The third kappa shape index (κ3) is 3.38. The van der Waals surface area contributed by atoms with E-state index < -0.39 is 0 Å². The van der Waals surface area contributed by atoms with Gasteiger partial charge in [0.05, 0.1) is 17.9 Å². The zero-order valence-electron chi connectivity index (χ0n) is 14.6. The van der Waals surface area contributed by atoms with Crippen molar-refractivity contribution in [2.24, 2.45) is 7.05 Å². The highest BCUT2D eigenvalue weighted by atomic mass is 16.2. The summed E-state index contributed by atoms with van der Waals surface area (Å²) < 4.78 is 1.68. The molecule has 0 bridgehead atoms. The van der Waals surface area contributed by atoms with Crippen molar-refractivity contribution in [2.45, 2.75) is 19.9 Å². The highest BCUT2D eigenvalue weighted by molar-refractivity contribution is 5.91. The van der Waals surface area contributed by atoms with Crippen LogP contribution in [0.3, 0.4) is 0 Å². The minimum absolute atomic E-state index is 0.0373. The lowest BCUT2D eigenvalue weighted by Crippen LogP contribution is -2.38. The second-order valence-electron chi connectivity index (χ2n) is 6.32. The molecule has 2 aromatic heterocycles. The van der Waals surface area contributed by atoms with Crippen LogP contribution in [0, 0.1) is 6.92 Å². The van der Waals surface area contributed by atoms with Crippen molar-refractivity contribution >= 4 is 17.5 Å². The lowest BCUT2D eigenvalue weighted by Gasteiger charge is -2.29. The van der Waals surface area contributed by atoms with Crippen LogP contribution in [0.1, 0.15) is 17.0 Å². The topological polar surface area (TPSA) is 79.2 Å². The van der Waals surface area contributed by atoms with E-state index in [0.29, 0.717) is 18.9 Å². The number of nitrogens with zero attached hydrogens (tertiary/aromatic N) is 6. The van der Waals surface area contributed by atoms with Gasteiger partial charge in [-0.2, -0.15) is 5.10 Å². The summed E-state index contributed by atoms with van der Waals surface area (Å²) in [7, 11) is 5.76. The summed E-state index contributed by atoms with van der Waals surface area (Å²) in [4.78, 5) is 25.2. The van der Waals surface area contributed by atoms with Crippen molar-refractivity contribution < 1.29 is 4.79 Å². The molecule has 0 saturated carbocycles. The lowest BCUT2D eigenvalue weighted by atomic mass is 10.1. The largest absolute Gasteiger partial charge is 0.362 e. The van der Waals surface area contributed by atoms with Crippen molar-refractivity contribution in [1.82, 2.24) is 24.6 Å². The Hall–Kier alpha value is -2.48. The summed E-state index contributed by atoms with van der Waals surface area (Å²) in [5.74, 6) is 1.60. The molecule has 1 N–H and O–H groups in total. The van der Waals surface area contributed by atoms with Crippen LogP contribution in [-0.4, -0.2) is 57.7 Å². The van der Waals surface area contributed by atoms with E-state index in [4.69, 9.17) is 0 Å². The van der Waals surface area contributed by atoms with Crippen molar-refractivity contribution in [3.05, 3.63) is 29.3 Å². The van der Waals surface area contributed by atoms with E-state index in [1.807, 2.05) is 39.0 Å². The van der Waals surface area contributed by atoms with Crippen LogP contribution in [-0.2, 0) is 24.8 Å². The zero-order valence-corrected chi connectivity index (χ0v) is 14.6. The van der Waals surface area contributed by atoms with Gasteiger partial charge in [0, 0.05) is 52.3 Å². The lowest BCUT2D eigenvalue weighted by molar-refractivity contribution is -0.117. The van der Waals surface area contributed by atoms with Gasteiger partial charge in [-0.3, -0.25) is 14.4 Å². The quantitative estimate of drug-likeness (QED) is 0.884. The molecule has 8 nitrogen and oxygen atoms in total. The van der Waals surface area contributed by atoms with E-state index in [1.54, 1.807) is 11.0 Å². The van der Waals surface area contributed by atoms with Gasteiger partial charge in [0.2, 0.25) is 5.91 Å². The Labute approximate surface area is 141 Å².